The van der Waals surface area contributed by atoms with E-state index >= 15 is 0 Å². The van der Waals surface area contributed by atoms with Gasteiger partial charge in [-0.15, -0.1) is 0 Å². The van der Waals surface area contributed by atoms with E-state index < -0.39 is 0 Å². The third-order valence-electron chi connectivity index (χ3n) is 6.05. The molecule has 166 valence electrons. The molecule has 0 aliphatic carbocycles. The van der Waals surface area contributed by atoms with Crippen molar-refractivity contribution in [2.24, 2.45) is 0 Å². The standard InChI is InChI=1S/C28H34N4/c1-2-3-4-5-6-7-8-17-28(31-26-18-20-29-24-15-11-9-13-22(24)26)32-27-19-21-30-25-16-12-10-14-23(25)27/h9-16,18-21,28H,2-8,17H2,1H3,(H,29,31)(H,30,32). The predicted octanol–water partition coefficient (Wildman–Crippen LogP) is 7.77. The van der Waals surface area contributed by atoms with Gasteiger partial charge in [0.15, 0.2) is 0 Å². The van der Waals surface area contributed by atoms with Crippen molar-refractivity contribution >= 4 is 33.2 Å². The van der Waals surface area contributed by atoms with Crippen LogP contribution in [0.2, 0.25) is 0 Å². The maximum Gasteiger partial charge on any atom is 0.0963 e. The number of nitrogens with one attached hydrogen (secondary N) is 2. The summed E-state index contributed by atoms with van der Waals surface area (Å²) < 4.78 is 0. The van der Waals surface area contributed by atoms with Crippen molar-refractivity contribution in [3.05, 3.63) is 73.1 Å². The van der Waals surface area contributed by atoms with Gasteiger partial charge < -0.3 is 10.6 Å². The Morgan fingerprint density at radius 2 is 1.12 bits per heavy atom. The molecule has 0 fully saturated rings. The van der Waals surface area contributed by atoms with Gasteiger partial charge in [-0.2, -0.15) is 0 Å². The van der Waals surface area contributed by atoms with Gasteiger partial charge in [0.2, 0.25) is 0 Å². The predicted molar refractivity (Wildman–Crippen MR) is 137 cm³/mol. The van der Waals surface area contributed by atoms with Crippen molar-refractivity contribution in [1.82, 2.24) is 9.97 Å². The first-order chi connectivity index (χ1) is 15.8. The van der Waals surface area contributed by atoms with Crippen LogP contribution in [0.25, 0.3) is 21.8 Å². The van der Waals surface area contributed by atoms with Gasteiger partial charge >= 0.3 is 0 Å². The summed E-state index contributed by atoms with van der Waals surface area (Å²) in [7, 11) is 0. The smallest absolute Gasteiger partial charge is 0.0963 e. The fourth-order valence-corrected chi connectivity index (χ4v) is 4.30. The largest absolute Gasteiger partial charge is 0.365 e. The quantitative estimate of drug-likeness (QED) is 0.179. The lowest BCUT2D eigenvalue weighted by atomic mass is 10.1. The molecule has 2 heterocycles. The summed E-state index contributed by atoms with van der Waals surface area (Å²) in [6.45, 7) is 2.27. The normalized spacial score (nSPS) is 11.3. The van der Waals surface area contributed by atoms with E-state index in [4.69, 9.17) is 0 Å². The highest BCUT2D eigenvalue weighted by atomic mass is 15.1. The molecule has 0 atom stereocenters. The Bertz CT molecular complexity index is 1030. The number of rotatable bonds is 12. The van der Waals surface area contributed by atoms with E-state index in [1.54, 1.807) is 0 Å². The number of unbranched alkanes of at least 4 members (excludes halogenated alkanes) is 6. The molecule has 0 aliphatic heterocycles. The van der Waals surface area contributed by atoms with Crippen LogP contribution < -0.4 is 10.6 Å². The SMILES string of the molecule is CCCCCCCCCC(Nc1ccnc2ccccc12)Nc1ccnc2ccccc12. The van der Waals surface area contributed by atoms with Crippen LogP contribution in [0.3, 0.4) is 0 Å². The Hall–Kier alpha value is -3.14. The zero-order valence-electron chi connectivity index (χ0n) is 19.1. The lowest BCUT2D eigenvalue weighted by Crippen LogP contribution is -2.29. The lowest BCUT2D eigenvalue weighted by molar-refractivity contribution is 0.561. The molecule has 2 aromatic carbocycles. The first-order valence-corrected chi connectivity index (χ1v) is 12.1. The van der Waals surface area contributed by atoms with Gasteiger partial charge in [0.1, 0.15) is 0 Å². The molecule has 4 aromatic rings. The maximum atomic E-state index is 4.52. The molecule has 4 heteroatoms. The van der Waals surface area contributed by atoms with E-state index in [1.807, 2.05) is 24.5 Å². The lowest BCUT2D eigenvalue weighted by Gasteiger charge is -2.24. The van der Waals surface area contributed by atoms with E-state index in [0.29, 0.717) is 0 Å². The van der Waals surface area contributed by atoms with Crippen molar-refractivity contribution in [3.63, 3.8) is 0 Å². The van der Waals surface area contributed by atoms with Crippen molar-refractivity contribution in [1.29, 1.82) is 0 Å². The number of nitrogens with zero attached hydrogens (tertiary/aromatic N) is 2. The summed E-state index contributed by atoms with van der Waals surface area (Å²) in [6.07, 6.45) is 14.1. The van der Waals surface area contributed by atoms with Crippen molar-refractivity contribution < 1.29 is 0 Å². The van der Waals surface area contributed by atoms with Crippen LogP contribution in [0.1, 0.15) is 58.3 Å². The summed E-state index contributed by atoms with van der Waals surface area (Å²) in [5, 5.41) is 9.86. The number of hydrogen-bond donors (Lipinski definition) is 2. The first kappa shape index (κ1) is 22.1. The summed E-state index contributed by atoms with van der Waals surface area (Å²) in [5.41, 5.74) is 4.27. The summed E-state index contributed by atoms with van der Waals surface area (Å²) in [6, 6.07) is 20.8. The van der Waals surface area contributed by atoms with Crippen LogP contribution in [0.4, 0.5) is 11.4 Å². The number of anilines is 2. The number of benzene rings is 2. The Morgan fingerprint density at radius 3 is 1.69 bits per heavy atom. The maximum absolute atomic E-state index is 4.52. The van der Waals surface area contributed by atoms with Gasteiger partial charge in [-0.25, -0.2) is 0 Å². The van der Waals surface area contributed by atoms with Crippen LogP contribution in [0.15, 0.2) is 73.1 Å². The number of fused-ring (bicyclic) bond motifs is 2. The second-order valence-electron chi connectivity index (χ2n) is 8.50. The Labute approximate surface area is 191 Å². The molecule has 4 nitrogen and oxygen atoms in total. The molecule has 0 bridgehead atoms. The van der Waals surface area contributed by atoms with Gasteiger partial charge in [0.25, 0.3) is 0 Å². The van der Waals surface area contributed by atoms with Gasteiger partial charge in [-0.3, -0.25) is 9.97 Å². The molecule has 32 heavy (non-hydrogen) atoms. The van der Waals surface area contributed by atoms with Crippen LogP contribution in [0, 0.1) is 0 Å². The van der Waals surface area contributed by atoms with Gasteiger partial charge in [0.05, 0.1) is 17.2 Å². The van der Waals surface area contributed by atoms with Crippen molar-refractivity contribution in [3.8, 4) is 0 Å². The highest BCUT2D eigenvalue weighted by molar-refractivity contribution is 5.92. The Balaban J connectivity index is 1.50. The molecule has 4 rings (SSSR count). The fraction of sp³-hybridized carbons (Fsp3) is 0.357. The summed E-state index contributed by atoms with van der Waals surface area (Å²) in [5.74, 6) is 0. The summed E-state index contributed by atoms with van der Waals surface area (Å²) >= 11 is 0. The van der Waals surface area contributed by atoms with Crippen LogP contribution in [-0.4, -0.2) is 16.1 Å². The minimum absolute atomic E-state index is 0.127. The highest BCUT2D eigenvalue weighted by Gasteiger charge is 2.12. The molecular formula is C28H34N4. The van der Waals surface area contributed by atoms with E-state index in [-0.39, 0.29) is 6.17 Å². The van der Waals surface area contributed by atoms with E-state index in [9.17, 15) is 0 Å². The molecule has 2 N–H and O–H groups in total. The average molecular weight is 427 g/mol. The van der Waals surface area contributed by atoms with Gasteiger partial charge in [0, 0.05) is 34.5 Å². The molecule has 0 saturated heterocycles. The molecule has 0 unspecified atom stereocenters. The Kier molecular flexibility index (Phi) is 7.91. The van der Waals surface area contributed by atoms with Crippen LogP contribution in [-0.2, 0) is 0 Å². The zero-order chi connectivity index (χ0) is 22.0. The number of aromatic nitrogens is 2. The minimum Gasteiger partial charge on any atom is -0.365 e. The second kappa shape index (κ2) is 11.5. The zero-order valence-corrected chi connectivity index (χ0v) is 19.1. The third-order valence-corrected chi connectivity index (χ3v) is 6.05. The average Bonchev–Trinajstić information content (AvgIpc) is 2.84. The molecule has 0 radical (unpaired) electrons. The summed E-state index contributed by atoms with van der Waals surface area (Å²) in [4.78, 5) is 9.03. The van der Waals surface area contributed by atoms with E-state index in [1.165, 1.54) is 44.9 Å². The monoisotopic (exact) mass is 426 g/mol. The van der Waals surface area contributed by atoms with Crippen LogP contribution in [0.5, 0.6) is 0 Å². The number of hydrogen-bond acceptors (Lipinski definition) is 4. The van der Waals surface area contributed by atoms with Gasteiger partial charge in [-0.05, 0) is 37.1 Å². The topological polar surface area (TPSA) is 49.8 Å². The minimum atomic E-state index is 0.127. The van der Waals surface area contributed by atoms with E-state index in [2.05, 4.69) is 76.1 Å². The molecule has 0 aliphatic rings. The fourth-order valence-electron chi connectivity index (χ4n) is 4.30. The molecule has 2 aromatic heterocycles. The van der Waals surface area contributed by atoms with Crippen molar-refractivity contribution in [2.45, 2.75) is 64.5 Å². The van der Waals surface area contributed by atoms with Crippen LogP contribution >= 0.6 is 0 Å². The van der Waals surface area contributed by atoms with E-state index in [0.717, 1.165) is 39.6 Å². The Morgan fingerprint density at radius 1 is 0.625 bits per heavy atom. The highest BCUT2D eigenvalue weighted by Crippen LogP contribution is 2.26. The number of pyridine rings is 2. The van der Waals surface area contributed by atoms with Crippen molar-refractivity contribution in [2.75, 3.05) is 10.6 Å². The molecular weight excluding hydrogens is 392 g/mol. The molecule has 0 amide bonds. The van der Waals surface area contributed by atoms with Gasteiger partial charge in [-0.1, -0.05) is 81.8 Å². The first-order valence-electron chi connectivity index (χ1n) is 12.1. The molecule has 0 saturated carbocycles. The molecule has 0 spiro atoms. The second-order valence-corrected chi connectivity index (χ2v) is 8.50. The number of para-hydroxylation sites is 2. The third kappa shape index (κ3) is 5.76.